The number of halogens is 1. The monoisotopic (exact) mass is 339 g/mol. The van der Waals surface area contributed by atoms with Crippen LogP contribution in [0.2, 0.25) is 5.02 Å². The average molecular weight is 340 g/mol. The molecule has 1 aliphatic heterocycles. The molecule has 0 radical (unpaired) electrons. The Balaban J connectivity index is 1.85. The van der Waals surface area contributed by atoms with Crippen molar-refractivity contribution in [1.29, 1.82) is 0 Å². The van der Waals surface area contributed by atoms with Crippen LogP contribution in [0.3, 0.4) is 0 Å². The molecule has 0 atom stereocenters. The van der Waals surface area contributed by atoms with Gasteiger partial charge >= 0.3 is 0 Å². The van der Waals surface area contributed by atoms with Gasteiger partial charge in [0.1, 0.15) is 0 Å². The third-order valence-corrected chi connectivity index (χ3v) is 4.43. The molecule has 1 amide bonds. The van der Waals surface area contributed by atoms with Crippen LogP contribution in [0, 0.1) is 0 Å². The van der Waals surface area contributed by atoms with Gasteiger partial charge in [-0.15, -0.1) is 0 Å². The number of carbonyl (C=O) groups is 1. The SMILES string of the molecule is O=C(c1ccc(Cl)cc1)N1CCCn2c1nc1ccccc1c2=O. The number of aromatic nitrogens is 2. The summed E-state index contributed by atoms with van der Waals surface area (Å²) in [4.78, 5) is 31.7. The third-order valence-electron chi connectivity index (χ3n) is 4.18. The highest BCUT2D eigenvalue weighted by Gasteiger charge is 2.26. The van der Waals surface area contributed by atoms with E-state index in [4.69, 9.17) is 11.6 Å². The Labute approximate surface area is 143 Å². The Morgan fingerprint density at radius 3 is 2.58 bits per heavy atom. The minimum Gasteiger partial charge on any atom is -0.278 e. The lowest BCUT2D eigenvalue weighted by Gasteiger charge is -2.29. The van der Waals surface area contributed by atoms with E-state index in [0.717, 1.165) is 0 Å². The zero-order chi connectivity index (χ0) is 16.7. The number of anilines is 1. The lowest BCUT2D eigenvalue weighted by Crippen LogP contribution is -2.42. The molecular formula is C18H14ClN3O2. The van der Waals surface area contributed by atoms with Crippen LogP contribution in [0.5, 0.6) is 0 Å². The van der Waals surface area contributed by atoms with E-state index < -0.39 is 0 Å². The van der Waals surface area contributed by atoms with Gasteiger partial charge in [-0.05, 0) is 42.8 Å². The molecular weight excluding hydrogens is 326 g/mol. The molecule has 1 aromatic heterocycles. The second kappa shape index (κ2) is 5.76. The molecule has 5 nitrogen and oxygen atoms in total. The van der Waals surface area contributed by atoms with Gasteiger partial charge in [-0.25, -0.2) is 4.98 Å². The van der Waals surface area contributed by atoms with Crippen molar-refractivity contribution < 1.29 is 4.79 Å². The number of carbonyl (C=O) groups excluding carboxylic acids is 1. The fourth-order valence-electron chi connectivity index (χ4n) is 2.99. The van der Waals surface area contributed by atoms with Crippen molar-refractivity contribution >= 4 is 34.4 Å². The minimum atomic E-state index is -0.178. The van der Waals surface area contributed by atoms with E-state index in [-0.39, 0.29) is 11.5 Å². The zero-order valence-electron chi connectivity index (χ0n) is 12.8. The highest BCUT2D eigenvalue weighted by molar-refractivity contribution is 6.30. The van der Waals surface area contributed by atoms with Crippen LogP contribution in [0.25, 0.3) is 10.9 Å². The van der Waals surface area contributed by atoms with Gasteiger partial charge in [0.05, 0.1) is 10.9 Å². The summed E-state index contributed by atoms with van der Waals surface area (Å²) in [6, 6.07) is 13.9. The van der Waals surface area contributed by atoms with Crippen molar-refractivity contribution in [2.75, 3.05) is 11.4 Å². The Kier molecular flexibility index (Phi) is 3.58. The quantitative estimate of drug-likeness (QED) is 0.684. The number of rotatable bonds is 1. The molecule has 0 saturated carbocycles. The summed E-state index contributed by atoms with van der Waals surface area (Å²) in [5.74, 6) is 0.229. The first-order valence-corrected chi connectivity index (χ1v) is 8.10. The molecule has 24 heavy (non-hydrogen) atoms. The Morgan fingerprint density at radius 1 is 1.04 bits per heavy atom. The molecule has 0 bridgehead atoms. The molecule has 0 N–H and O–H groups in total. The fraction of sp³-hybridized carbons (Fsp3) is 0.167. The van der Waals surface area contributed by atoms with Gasteiger partial charge in [0.25, 0.3) is 11.5 Å². The highest BCUT2D eigenvalue weighted by atomic mass is 35.5. The van der Waals surface area contributed by atoms with Crippen molar-refractivity contribution in [3.05, 3.63) is 69.5 Å². The van der Waals surface area contributed by atoms with E-state index in [9.17, 15) is 9.59 Å². The first kappa shape index (κ1) is 14.9. The lowest BCUT2D eigenvalue weighted by atomic mass is 10.1. The number of hydrogen-bond donors (Lipinski definition) is 0. The molecule has 4 rings (SSSR count). The van der Waals surface area contributed by atoms with E-state index in [1.807, 2.05) is 12.1 Å². The normalized spacial score (nSPS) is 13.8. The third kappa shape index (κ3) is 2.37. The summed E-state index contributed by atoms with van der Waals surface area (Å²) in [5, 5.41) is 1.15. The molecule has 2 heterocycles. The molecule has 6 heteroatoms. The maximum atomic E-state index is 12.8. The smallest absolute Gasteiger partial charge is 0.262 e. The van der Waals surface area contributed by atoms with Crippen molar-refractivity contribution in [1.82, 2.24) is 9.55 Å². The number of benzene rings is 2. The topological polar surface area (TPSA) is 55.2 Å². The predicted molar refractivity (Wildman–Crippen MR) is 93.7 cm³/mol. The Hall–Kier alpha value is -2.66. The molecule has 0 fully saturated rings. The van der Waals surface area contributed by atoms with Gasteiger partial charge in [0.15, 0.2) is 0 Å². The molecule has 0 aliphatic carbocycles. The average Bonchev–Trinajstić information content (AvgIpc) is 2.62. The summed E-state index contributed by atoms with van der Waals surface area (Å²) >= 11 is 5.89. The van der Waals surface area contributed by atoms with Gasteiger partial charge in [0, 0.05) is 23.7 Å². The number of nitrogens with zero attached hydrogens (tertiary/aromatic N) is 3. The van der Waals surface area contributed by atoms with Gasteiger partial charge in [0.2, 0.25) is 5.95 Å². The molecule has 120 valence electrons. The highest BCUT2D eigenvalue weighted by Crippen LogP contribution is 2.22. The van der Waals surface area contributed by atoms with Crippen LogP contribution < -0.4 is 10.5 Å². The minimum absolute atomic E-state index is 0.107. The van der Waals surface area contributed by atoms with Gasteiger partial charge in [-0.2, -0.15) is 0 Å². The maximum absolute atomic E-state index is 12.8. The van der Waals surface area contributed by atoms with Crippen molar-refractivity contribution in [3.63, 3.8) is 0 Å². The van der Waals surface area contributed by atoms with E-state index in [1.54, 1.807) is 45.9 Å². The van der Waals surface area contributed by atoms with Crippen molar-refractivity contribution in [2.45, 2.75) is 13.0 Å². The number of amides is 1. The summed E-state index contributed by atoms with van der Waals surface area (Å²) in [6.07, 6.45) is 0.715. The molecule has 0 unspecified atom stereocenters. The largest absolute Gasteiger partial charge is 0.278 e. The zero-order valence-corrected chi connectivity index (χ0v) is 13.5. The van der Waals surface area contributed by atoms with E-state index in [2.05, 4.69) is 4.98 Å². The van der Waals surface area contributed by atoms with Gasteiger partial charge < -0.3 is 0 Å². The molecule has 3 aromatic rings. The Morgan fingerprint density at radius 2 is 1.79 bits per heavy atom. The predicted octanol–water partition coefficient (Wildman–Crippen LogP) is 3.10. The number of para-hydroxylation sites is 1. The second-order valence-electron chi connectivity index (χ2n) is 5.70. The lowest BCUT2D eigenvalue weighted by molar-refractivity contribution is 0.0980. The van der Waals surface area contributed by atoms with Crippen LogP contribution in [-0.2, 0) is 6.54 Å². The summed E-state index contributed by atoms with van der Waals surface area (Å²) < 4.78 is 1.58. The van der Waals surface area contributed by atoms with Crippen LogP contribution in [0.15, 0.2) is 53.3 Å². The maximum Gasteiger partial charge on any atom is 0.262 e. The van der Waals surface area contributed by atoms with Crippen LogP contribution in [0.1, 0.15) is 16.8 Å². The molecule has 2 aromatic carbocycles. The standard InChI is InChI=1S/C18H14ClN3O2/c19-13-8-6-12(7-9-13)16(23)21-10-3-11-22-17(24)14-4-1-2-5-15(14)20-18(21)22/h1-2,4-9H,3,10-11H2. The van der Waals surface area contributed by atoms with E-state index in [1.165, 1.54) is 0 Å². The van der Waals surface area contributed by atoms with Crippen molar-refractivity contribution in [3.8, 4) is 0 Å². The van der Waals surface area contributed by atoms with E-state index >= 15 is 0 Å². The number of hydrogen-bond acceptors (Lipinski definition) is 3. The van der Waals surface area contributed by atoms with Crippen LogP contribution in [-0.4, -0.2) is 22.0 Å². The molecule has 0 spiro atoms. The second-order valence-corrected chi connectivity index (χ2v) is 6.14. The number of fused-ring (bicyclic) bond motifs is 2. The first-order valence-electron chi connectivity index (χ1n) is 7.72. The van der Waals surface area contributed by atoms with Crippen LogP contribution >= 0.6 is 11.6 Å². The summed E-state index contributed by atoms with van der Waals surface area (Å²) in [7, 11) is 0. The molecule has 1 aliphatic rings. The van der Waals surface area contributed by atoms with E-state index in [0.29, 0.717) is 46.9 Å². The van der Waals surface area contributed by atoms with Gasteiger partial charge in [-0.1, -0.05) is 23.7 Å². The fourth-order valence-corrected chi connectivity index (χ4v) is 3.12. The van der Waals surface area contributed by atoms with Gasteiger partial charge in [-0.3, -0.25) is 19.1 Å². The molecule has 0 saturated heterocycles. The Bertz CT molecular complexity index is 995. The summed E-state index contributed by atoms with van der Waals surface area (Å²) in [5.41, 5.74) is 1.02. The van der Waals surface area contributed by atoms with Crippen LogP contribution in [0.4, 0.5) is 5.95 Å². The first-order chi connectivity index (χ1) is 11.6. The summed E-state index contributed by atoms with van der Waals surface area (Å²) in [6.45, 7) is 1.10. The van der Waals surface area contributed by atoms with Crippen molar-refractivity contribution in [2.24, 2.45) is 0 Å².